The van der Waals surface area contributed by atoms with E-state index in [-0.39, 0.29) is 19.4 Å². The summed E-state index contributed by atoms with van der Waals surface area (Å²) >= 11 is 0. The molecule has 0 spiro atoms. The quantitative estimate of drug-likeness (QED) is 0.410. The number of imide groups is 1. The van der Waals surface area contributed by atoms with E-state index in [1.807, 2.05) is 6.92 Å². The molecule has 2 aromatic rings. The lowest BCUT2D eigenvalue weighted by Crippen LogP contribution is -2.36. The first-order valence-corrected chi connectivity index (χ1v) is 9.52. The number of hydrogen-bond acceptors (Lipinski definition) is 9. The van der Waals surface area contributed by atoms with Crippen molar-refractivity contribution in [1.29, 1.82) is 0 Å². The number of aryl methyl sites for hydroxylation is 1. The first-order valence-electron chi connectivity index (χ1n) is 9.52. The van der Waals surface area contributed by atoms with Crippen LogP contribution >= 0.6 is 0 Å². The molecule has 0 saturated carbocycles. The maximum Gasteiger partial charge on any atom is 0.352 e. The fourth-order valence-electron chi connectivity index (χ4n) is 2.89. The predicted octanol–water partition coefficient (Wildman–Crippen LogP) is 3.04. The van der Waals surface area contributed by atoms with Crippen LogP contribution in [0.5, 0.6) is 5.75 Å². The maximum atomic E-state index is 12.0. The number of rotatable bonds is 7. The molecular formula is C21H23N5O5. The Morgan fingerprint density at radius 2 is 1.77 bits per heavy atom. The van der Waals surface area contributed by atoms with Crippen molar-refractivity contribution in [3.63, 3.8) is 0 Å². The Hall–Kier alpha value is -3.95. The molecule has 1 fully saturated rings. The molecule has 0 atom stereocenters. The van der Waals surface area contributed by atoms with Gasteiger partial charge in [-0.2, -0.15) is 5.11 Å². The minimum Gasteiger partial charge on any atom is -0.494 e. The SMILES string of the molecule is COc1cc(N)c(C)cc1N=Nc1ccc(N(C)CC(=O)ON2C(=O)CCC2=O)cc1. The largest absolute Gasteiger partial charge is 0.494 e. The Kier molecular flexibility index (Phi) is 6.49. The predicted molar refractivity (Wildman–Crippen MR) is 113 cm³/mol. The number of carbonyl (C=O) groups is 3. The summed E-state index contributed by atoms with van der Waals surface area (Å²) in [7, 11) is 3.22. The number of nitrogen functional groups attached to an aromatic ring is 1. The molecule has 2 aromatic carbocycles. The van der Waals surface area contributed by atoms with Crippen LogP contribution in [0.15, 0.2) is 46.6 Å². The maximum absolute atomic E-state index is 12.0. The molecule has 0 aliphatic carbocycles. The van der Waals surface area contributed by atoms with Crippen LogP contribution < -0.4 is 15.4 Å². The van der Waals surface area contributed by atoms with E-state index in [9.17, 15) is 14.4 Å². The fraction of sp³-hybridized carbons (Fsp3) is 0.286. The Morgan fingerprint density at radius 3 is 2.39 bits per heavy atom. The Morgan fingerprint density at radius 1 is 1.13 bits per heavy atom. The van der Waals surface area contributed by atoms with Crippen LogP contribution in [-0.2, 0) is 19.2 Å². The first-order chi connectivity index (χ1) is 14.8. The number of nitrogens with zero attached hydrogens (tertiary/aromatic N) is 4. The van der Waals surface area contributed by atoms with Crippen LogP contribution in [-0.4, -0.2) is 43.5 Å². The van der Waals surface area contributed by atoms with Gasteiger partial charge >= 0.3 is 5.97 Å². The Balaban J connectivity index is 1.62. The number of methoxy groups -OCH3 is 1. The molecule has 0 bridgehead atoms. The lowest BCUT2D eigenvalue weighted by atomic mass is 10.1. The van der Waals surface area contributed by atoms with Gasteiger partial charge in [0.1, 0.15) is 18.0 Å². The monoisotopic (exact) mass is 425 g/mol. The average molecular weight is 425 g/mol. The number of likely N-dealkylation sites (N-methyl/N-ethyl adjacent to an activating group) is 1. The van der Waals surface area contributed by atoms with E-state index in [2.05, 4.69) is 10.2 Å². The van der Waals surface area contributed by atoms with E-state index in [0.29, 0.717) is 27.9 Å². The van der Waals surface area contributed by atoms with Crippen molar-refractivity contribution in [2.24, 2.45) is 10.2 Å². The van der Waals surface area contributed by atoms with Gasteiger partial charge in [-0.3, -0.25) is 9.59 Å². The summed E-state index contributed by atoms with van der Waals surface area (Å²) in [6, 6.07) is 10.5. The molecule has 1 heterocycles. The van der Waals surface area contributed by atoms with Crippen molar-refractivity contribution in [3.05, 3.63) is 42.0 Å². The van der Waals surface area contributed by atoms with Crippen LogP contribution in [0.2, 0.25) is 0 Å². The number of ether oxygens (including phenoxy) is 1. The summed E-state index contributed by atoms with van der Waals surface area (Å²) in [5, 5.41) is 8.98. The van der Waals surface area contributed by atoms with E-state index >= 15 is 0 Å². The van der Waals surface area contributed by atoms with Gasteiger partial charge in [-0.05, 0) is 42.8 Å². The second-order valence-electron chi connectivity index (χ2n) is 7.00. The smallest absolute Gasteiger partial charge is 0.352 e. The highest BCUT2D eigenvalue weighted by Crippen LogP contribution is 2.33. The second kappa shape index (κ2) is 9.24. The van der Waals surface area contributed by atoms with Crippen molar-refractivity contribution >= 4 is 40.5 Å². The summed E-state index contributed by atoms with van der Waals surface area (Å²) in [6.45, 7) is 1.73. The van der Waals surface area contributed by atoms with Gasteiger partial charge in [0.15, 0.2) is 0 Å². The number of nitrogens with two attached hydrogens (primary N) is 1. The van der Waals surface area contributed by atoms with Crippen LogP contribution in [0.4, 0.5) is 22.7 Å². The zero-order valence-corrected chi connectivity index (χ0v) is 17.5. The van der Waals surface area contributed by atoms with Crippen LogP contribution in [0, 0.1) is 6.92 Å². The Bertz CT molecular complexity index is 1020. The van der Waals surface area contributed by atoms with E-state index in [1.54, 1.807) is 48.3 Å². The van der Waals surface area contributed by atoms with Crippen molar-refractivity contribution < 1.29 is 24.0 Å². The lowest BCUT2D eigenvalue weighted by Gasteiger charge is -2.19. The van der Waals surface area contributed by atoms with E-state index in [4.69, 9.17) is 15.3 Å². The van der Waals surface area contributed by atoms with Gasteiger partial charge < -0.3 is 20.2 Å². The fourth-order valence-corrected chi connectivity index (χ4v) is 2.89. The number of benzene rings is 2. The van der Waals surface area contributed by atoms with Crippen molar-refractivity contribution in [2.45, 2.75) is 19.8 Å². The number of anilines is 2. The topological polar surface area (TPSA) is 127 Å². The summed E-state index contributed by atoms with van der Waals surface area (Å²) in [6.07, 6.45) is 0.111. The van der Waals surface area contributed by atoms with Crippen LogP contribution in [0.1, 0.15) is 18.4 Å². The van der Waals surface area contributed by atoms with Crippen LogP contribution in [0.3, 0.4) is 0 Å². The molecular weight excluding hydrogens is 402 g/mol. The zero-order chi connectivity index (χ0) is 22.5. The van der Waals surface area contributed by atoms with Crippen molar-refractivity contribution in [3.8, 4) is 5.75 Å². The minimum absolute atomic E-state index is 0.0553. The molecule has 3 rings (SSSR count). The van der Waals surface area contributed by atoms with Gasteiger partial charge in [0.05, 0.1) is 12.8 Å². The number of carbonyl (C=O) groups excluding carboxylic acids is 3. The molecule has 31 heavy (non-hydrogen) atoms. The zero-order valence-electron chi connectivity index (χ0n) is 17.5. The minimum atomic E-state index is -0.708. The molecule has 162 valence electrons. The third-order valence-electron chi connectivity index (χ3n) is 4.70. The second-order valence-corrected chi connectivity index (χ2v) is 7.00. The Labute approximate surface area is 179 Å². The summed E-state index contributed by atoms with van der Waals surface area (Å²) in [5.74, 6) is -1.20. The van der Waals surface area contributed by atoms with Gasteiger partial charge in [-0.15, -0.1) is 10.2 Å². The molecule has 1 aliphatic rings. The molecule has 1 aliphatic heterocycles. The summed E-state index contributed by atoms with van der Waals surface area (Å²) in [5.41, 5.74) is 9.25. The van der Waals surface area contributed by atoms with Crippen molar-refractivity contribution in [2.75, 3.05) is 31.3 Å². The summed E-state index contributed by atoms with van der Waals surface area (Å²) < 4.78 is 5.29. The molecule has 10 nitrogen and oxygen atoms in total. The molecule has 2 amide bonds. The molecule has 2 N–H and O–H groups in total. The highest BCUT2D eigenvalue weighted by Gasteiger charge is 2.33. The molecule has 0 aromatic heterocycles. The number of amides is 2. The molecule has 10 heteroatoms. The first kappa shape index (κ1) is 21.8. The van der Waals surface area contributed by atoms with Gasteiger partial charge in [-0.25, -0.2) is 4.79 Å². The number of azo groups is 1. The highest BCUT2D eigenvalue weighted by molar-refractivity contribution is 6.01. The lowest BCUT2D eigenvalue weighted by molar-refractivity contribution is -0.196. The third kappa shape index (κ3) is 5.16. The van der Waals surface area contributed by atoms with Gasteiger partial charge in [-0.1, -0.05) is 0 Å². The van der Waals surface area contributed by atoms with E-state index in [1.165, 1.54) is 7.11 Å². The van der Waals surface area contributed by atoms with Gasteiger partial charge in [0.25, 0.3) is 11.8 Å². The summed E-state index contributed by atoms with van der Waals surface area (Å²) in [4.78, 5) is 41.6. The van der Waals surface area contributed by atoms with Gasteiger partial charge in [0, 0.05) is 37.3 Å². The third-order valence-corrected chi connectivity index (χ3v) is 4.70. The average Bonchev–Trinajstić information content (AvgIpc) is 3.06. The molecule has 0 unspecified atom stereocenters. The van der Waals surface area contributed by atoms with E-state index in [0.717, 1.165) is 11.3 Å². The highest BCUT2D eigenvalue weighted by atomic mass is 16.7. The normalized spacial score (nSPS) is 13.7. The number of hydroxylamine groups is 2. The van der Waals surface area contributed by atoms with Crippen molar-refractivity contribution in [1.82, 2.24) is 5.06 Å². The number of hydrogen-bond donors (Lipinski definition) is 1. The van der Waals surface area contributed by atoms with Gasteiger partial charge in [0.2, 0.25) is 0 Å². The van der Waals surface area contributed by atoms with E-state index < -0.39 is 17.8 Å². The van der Waals surface area contributed by atoms with Crippen LogP contribution in [0.25, 0.3) is 0 Å². The molecule has 1 saturated heterocycles. The standard InChI is InChI=1S/C21H23N5O5/c1-13-10-17(18(30-3)11-16(13)22)24-23-14-4-6-15(7-5-14)25(2)12-21(29)31-26-19(27)8-9-20(26)28/h4-7,10-11H,8-9,12,22H2,1-3H3. The molecule has 0 radical (unpaired) electrons.